The van der Waals surface area contributed by atoms with Gasteiger partial charge in [0.05, 0.1) is 12.0 Å². The van der Waals surface area contributed by atoms with Crippen LogP contribution in [0.5, 0.6) is 5.75 Å². The van der Waals surface area contributed by atoms with Crippen LogP contribution in [0.15, 0.2) is 12.1 Å². The molecule has 1 N–H and O–H groups in total. The van der Waals surface area contributed by atoms with Crippen LogP contribution in [0.3, 0.4) is 0 Å². The van der Waals surface area contributed by atoms with Gasteiger partial charge in [0.1, 0.15) is 6.07 Å². The normalized spacial score (nSPS) is 10.8. The van der Waals surface area contributed by atoms with Gasteiger partial charge in [-0.2, -0.15) is 5.26 Å². The van der Waals surface area contributed by atoms with Crippen LogP contribution in [0.4, 0.5) is 13.2 Å². The predicted octanol–water partition coefficient (Wildman–Crippen LogP) is 2.39. The standard InChI is InChI=1S/C11H8F3NO3/c1-6-2-3-7(4-9(16)17)10(8(6)5-15)18-11(12,13)14/h2-3H,4H2,1H3,(H,16,17). The molecular formula is C11H8F3NO3. The molecule has 0 heterocycles. The molecule has 0 atom stereocenters. The van der Waals surface area contributed by atoms with Crippen molar-refractivity contribution in [2.75, 3.05) is 0 Å². The molecular weight excluding hydrogens is 251 g/mol. The van der Waals surface area contributed by atoms with Gasteiger partial charge in [0, 0.05) is 5.56 Å². The van der Waals surface area contributed by atoms with Crippen LogP contribution in [-0.4, -0.2) is 17.4 Å². The minimum absolute atomic E-state index is 0.193. The number of nitrogens with zero attached hydrogens (tertiary/aromatic N) is 1. The molecule has 0 bridgehead atoms. The summed E-state index contributed by atoms with van der Waals surface area (Å²) in [5.74, 6) is -2.05. The average Bonchev–Trinajstić information content (AvgIpc) is 2.20. The first-order valence-electron chi connectivity index (χ1n) is 4.74. The second-order valence-electron chi connectivity index (χ2n) is 3.48. The van der Waals surface area contributed by atoms with Gasteiger partial charge in [0.25, 0.3) is 0 Å². The lowest BCUT2D eigenvalue weighted by Gasteiger charge is -2.15. The quantitative estimate of drug-likeness (QED) is 0.904. The molecule has 96 valence electrons. The predicted molar refractivity (Wildman–Crippen MR) is 53.9 cm³/mol. The average molecular weight is 259 g/mol. The number of aliphatic carboxylic acids is 1. The maximum atomic E-state index is 12.2. The highest BCUT2D eigenvalue weighted by Crippen LogP contribution is 2.32. The van der Waals surface area contributed by atoms with Crippen LogP contribution in [0.1, 0.15) is 16.7 Å². The smallest absolute Gasteiger partial charge is 0.481 e. The maximum absolute atomic E-state index is 12.2. The molecule has 18 heavy (non-hydrogen) atoms. The van der Waals surface area contributed by atoms with Crippen molar-refractivity contribution in [1.82, 2.24) is 0 Å². The summed E-state index contributed by atoms with van der Waals surface area (Å²) >= 11 is 0. The van der Waals surface area contributed by atoms with Crippen molar-refractivity contribution in [3.05, 3.63) is 28.8 Å². The van der Waals surface area contributed by atoms with Crippen molar-refractivity contribution in [2.24, 2.45) is 0 Å². The first-order valence-corrected chi connectivity index (χ1v) is 4.74. The van der Waals surface area contributed by atoms with Gasteiger partial charge in [-0.1, -0.05) is 12.1 Å². The van der Waals surface area contributed by atoms with Crippen LogP contribution >= 0.6 is 0 Å². The van der Waals surface area contributed by atoms with Gasteiger partial charge in [-0.25, -0.2) is 0 Å². The Hall–Kier alpha value is -2.23. The number of ether oxygens (including phenoxy) is 1. The fourth-order valence-electron chi connectivity index (χ4n) is 1.40. The number of nitriles is 1. The van der Waals surface area contributed by atoms with E-state index in [4.69, 9.17) is 10.4 Å². The number of aryl methyl sites for hydroxylation is 1. The van der Waals surface area contributed by atoms with E-state index in [0.29, 0.717) is 0 Å². The molecule has 0 amide bonds. The van der Waals surface area contributed by atoms with Crippen LogP contribution in [0.2, 0.25) is 0 Å². The van der Waals surface area contributed by atoms with Crippen molar-refractivity contribution < 1.29 is 27.8 Å². The second kappa shape index (κ2) is 4.96. The van der Waals surface area contributed by atoms with Crippen LogP contribution in [0, 0.1) is 18.3 Å². The third kappa shape index (κ3) is 3.38. The Morgan fingerprint density at radius 1 is 1.50 bits per heavy atom. The number of carboxylic acid groups (broad SMARTS) is 1. The van der Waals surface area contributed by atoms with E-state index in [0.717, 1.165) is 0 Å². The highest BCUT2D eigenvalue weighted by molar-refractivity contribution is 5.72. The molecule has 0 radical (unpaired) electrons. The topological polar surface area (TPSA) is 70.3 Å². The Bertz CT molecular complexity index is 517. The lowest BCUT2D eigenvalue weighted by atomic mass is 10.0. The lowest BCUT2D eigenvalue weighted by molar-refractivity contribution is -0.275. The number of benzene rings is 1. The molecule has 7 heteroatoms. The van der Waals surface area contributed by atoms with Gasteiger partial charge in [-0.05, 0) is 12.5 Å². The van der Waals surface area contributed by atoms with Gasteiger partial charge in [0.2, 0.25) is 0 Å². The molecule has 0 spiro atoms. The van der Waals surface area contributed by atoms with Gasteiger partial charge in [0.15, 0.2) is 5.75 Å². The van der Waals surface area contributed by atoms with Gasteiger partial charge in [-0.15, -0.1) is 13.2 Å². The third-order valence-corrected chi connectivity index (χ3v) is 2.12. The van der Waals surface area contributed by atoms with E-state index >= 15 is 0 Å². The molecule has 0 aromatic heterocycles. The lowest BCUT2D eigenvalue weighted by Crippen LogP contribution is -2.20. The molecule has 1 rings (SSSR count). The zero-order valence-corrected chi connectivity index (χ0v) is 9.21. The van der Waals surface area contributed by atoms with Crippen molar-refractivity contribution in [1.29, 1.82) is 5.26 Å². The SMILES string of the molecule is Cc1ccc(CC(=O)O)c(OC(F)(F)F)c1C#N. The number of alkyl halides is 3. The Balaban J connectivity index is 3.35. The van der Waals surface area contributed by atoms with E-state index in [9.17, 15) is 18.0 Å². The van der Waals surface area contributed by atoms with Crippen LogP contribution < -0.4 is 4.74 Å². The Morgan fingerprint density at radius 2 is 2.11 bits per heavy atom. The fraction of sp³-hybridized carbons (Fsp3) is 0.273. The summed E-state index contributed by atoms with van der Waals surface area (Å²) in [7, 11) is 0. The number of hydrogen-bond acceptors (Lipinski definition) is 3. The Kier molecular flexibility index (Phi) is 3.81. The van der Waals surface area contributed by atoms with Crippen molar-refractivity contribution >= 4 is 5.97 Å². The number of halogens is 3. The summed E-state index contributed by atoms with van der Waals surface area (Å²) in [4.78, 5) is 10.6. The van der Waals surface area contributed by atoms with Crippen molar-refractivity contribution in [3.8, 4) is 11.8 Å². The molecule has 1 aromatic carbocycles. The van der Waals surface area contributed by atoms with E-state index in [2.05, 4.69) is 4.74 Å². The molecule has 0 saturated heterocycles. The summed E-state index contributed by atoms with van der Waals surface area (Å²) in [6.45, 7) is 1.44. The van der Waals surface area contributed by atoms with E-state index in [-0.39, 0.29) is 16.7 Å². The first-order chi connectivity index (χ1) is 8.24. The zero-order chi connectivity index (χ0) is 13.9. The maximum Gasteiger partial charge on any atom is 0.573 e. The summed E-state index contributed by atoms with van der Waals surface area (Å²) in [5.41, 5.74) is -0.223. The molecule has 0 unspecified atom stereocenters. The molecule has 0 saturated carbocycles. The summed E-state index contributed by atoms with van der Waals surface area (Å²) in [6.07, 6.45) is -5.63. The van der Waals surface area contributed by atoms with Crippen LogP contribution in [-0.2, 0) is 11.2 Å². The zero-order valence-electron chi connectivity index (χ0n) is 9.21. The van der Waals surface area contributed by atoms with E-state index in [1.165, 1.54) is 19.1 Å². The van der Waals surface area contributed by atoms with Gasteiger partial charge in [-0.3, -0.25) is 4.79 Å². The Labute approximate surface area is 100 Å². The summed E-state index contributed by atoms with van der Waals surface area (Å²) in [6, 6.07) is 4.16. The molecule has 0 fully saturated rings. The number of hydrogen-bond donors (Lipinski definition) is 1. The number of carbonyl (C=O) groups is 1. The summed E-state index contributed by atoms with van der Waals surface area (Å²) < 4.78 is 40.4. The monoisotopic (exact) mass is 259 g/mol. The van der Waals surface area contributed by atoms with Crippen molar-refractivity contribution in [2.45, 2.75) is 19.7 Å². The third-order valence-electron chi connectivity index (χ3n) is 2.12. The highest BCUT2D eigenvalue weighted by atomic mass is 19.4. The second-order valence-corrected chi connectivity index (χ2v) is 3.48. The van der Waals surface area contributed by atoms with E-state index in [1.807, 2.05) is 0 Å². The number of rotatable bonds is 3. The van der Waals surface area contributed by atoms with Gasteiger partial charge >= 0.3 is 12.3 Å². The molecule has 0 aliphatic rings. The molecule has 0 aliphatic carbocycles. The first kappa shape index (κ1) is 13.8. The highest BCUT2D eigenvalue weighted by Gasteiger charge is 2.34. The van der Waals surface area contributed by atoms with Gasteiger partial charge < -0.3 is 9.84 Å². The van der Waals surface area contributed by atoms with Crippen LogP contribution in [0.25, 0.3) is 0 Å². The molecule has 1 aromatic rings. The Morgan fingerprint density at radius 3 is 2.56 bits per heavy atom. The van der Waals surface area contributed by atoms with E-state index in [1.54, 1.807) is 6.07 Å². The van der Waals surface area contributed by atoms with Crippen molar-refractivity contribution in [3.63, 3.8) is 0 Å². The fourth-order valence-corrected chi connectivity index (χ4v) is 1.40. The number of carboxylic acids is 1. The minimum atomic E-state index is -4.98. The van der Waals surface area contributed by atoms with E-state index < -0.39 is 24.5 Å². The minimum Gasteiger partial charge on any atom is -0.481 e. The summed E-state index contributed by atoms with van der Waals surface area (Å²) in [5, 5.41) is 17.4. The molecule has 0 aliphatic heterocycles. The molecule has 4 nitrogen and oxygen atoms in total. The largest absolute Gasteiger partial charge is 0.573 e.